The van der Waals surface area contributed by atoms with Crippen LogP contribution < -0.4 is 14.2 Å². The molecule has 176 valence electrons. The highest BCUT2D eigenvalue weighted by atomic mass is 19.1. The molecular formula is C26H30FNO5. The largest absolute Gasteiger partial charge is 0.497 e. The lowest BCUT2D eigenvalue weighted by atomic mass is 10.1. The zero-order valence-corrected chi connectivity index (χ0v) is 19.1. The molecule has 1 saturated heterocycles. The van der Waals surface area contributed by atoms with E-state index in [-0.39, 0.29) is 5.78 Å². The Balaban J connectivity index is 1.52. The average molecular weight is 456 g/mol. The van der Waals surface area contributed by atoms with Gasteiger partial charge >= 0.3 is 0 Å². The molecule has 2 aromatic carbocycles. The number of ether oxygens (including phenoxy) is 4. The summed E-state index contributed by atoms with van der Waals surface area (Å²) >= 11 is 0. The van der Waals surface area contributed by atoms with Crippen molar-refractivity contribution in [2.75, 3.05) is 53.7 Å². The predicted octanol–water partition coefficient (Wildman–Crippen LogP) is 4.24. The Hall–Kier alpha value is -3.16. The van der Waals surface area contributed by atoms with Crippen molar-refractivity contribution < 1.29 is 28.1 Å². The Morgan fingerprint density at radius 1 is 1.03 bits per heavy atom. The van der Waals surface area contributed by atoms with Gasteiger partial charge in [0.2, 0.25) is 0 Å². The molecule has 33 heavy (non-hydrogen) atoms. The van der Waals surface area contributed by atoms with Crippen LogP contribution in [0.3, 0.4) is 0 Å². The molecule has 0 aliphatic carbocycles. The van der Waals surface area contributed by atoms with Crippen LogP contribution in [0.25, 0.3) is 12.2 Å². The third-order valence-electron chi connectivity index (χ3n) is 5.24. The van der Waals surface area contributed by atoms with Crippen LogP contribution in [0.5, 0.6) is 17.2 Å². The van der Waals surface area contributed by atoms with Gasteiger partial charge < -0.3 is 18.9 Å². The number of hydrogen-bond acceptors (Lipinski definition) is 6. The number of rotatable bonds is 11. The number of methoxy groups -OCH3 is 2. The maximum Gasteiger partial charge on any atom is 0.178 e. The van der Waals surface area contributed by atoms with Crippen LogP contribution in [0.2, 0.25) is 0 Å². The summed E-state index contributed by atoms with van der Waals surface area (Å²) < 4.78 is 35.6. The van der Waals surface area contributed by atoms with Gasteiger partial charge in [0, 0.05) is 31.3 Å². The van der Waals surface area contributed by atoms with E-state index in [1.54, 1.807) is 25.3 Å². The van der Waals surface area contributed by atoms with Crippen molar-refractivity contribution in [3.05, 3.63) is 65.5 Å². The van der Waals surface area contributed by atoms with Gasteiger partial charge in [-0.1, -0.05) is 12.1 Å². The second-order valence-corrected chi connectivity index (χ2v) is 7.52. The Bertz CT molecular complexity index is 983. The van der Waals surface area contributed by atoms with Crippen molar-refractivity contribution in [3.8, 4) is 17.2 Å². The summed E-state index contributed by atoms with van der Waals surface area (Å²) in [6.07, 6.45) is 6.79. The van der Waals surface area contributed by atoms with Gasteiger partial charge in [0.15, 0.2) is 17.3 Å². The Morgan fingerprint density at radius 3 is 2.55 bits per heavy atom. The molecule has 3 rings (SSSR count). The van der Waals surface area contributed by atoms with Gasteiger partial charge in [0.25, 0.3) is 0 Å². The summed E-state index contributed by atoms with van der Waals surface area (Å²) in [6, 6.07) is 9.98. The van der Waals surface area contributed by atoms with Crippen LogP contribution in [0.4, 0.5) is 4.39 Å². The fourth-order valence-corrected chi connectivity index (χ4v) is 3.38. The van der Waals surface area contributed by atoms with Gasteiger partial charge in [-0.3, -0.25) is 9.69 Å². The second-order valence-electron chi connectivity index (χ2n) is 7.52. The number of nitrogens with zero attached hydrogens (tertiary/aromatic N) is 1. The number of carbonyl (C=O) groups is 1. The molecule has 0 amide bonds. The van der Waals surface area contributed by atoms with Crippen molar-refractivity contribution in [2.24, 2.45) is 0 Å². The maximum absolute atomic E-state index is 14.0. The summed E-state index contributed by atoms with van der Waals surface area (Å²) in [5, 5.41) is 0. The van der Waals surface area contributed by atoms with E-state index < -0.39 is 5.82 Å². The van der Waals surface area contributed by atoms with E-state index in [4.69, 9.17) is 18.9 Å². The zero-order chi connectivity index (χ0) is 23.5. The van der Waals surface area contributed by atoms with E-state index in [9.17, 15) is 9.18 Å². The first-order valence-electron chi connectivity index (χ1n) is 10.9. The van der Waals surface area contributed by atoms with Crippen LogP contribution in [0, 0.1) is 5.82 Å². The molecule has 7 heteroatoms. The Morgan fingerprint density at radius 2 is 1.82 bits per heavy atom. The summed E-state index contributed by atoms with van der Waals surface area (Å²) in [7, 11) is 3.06. The number of morpholine rings is 1. The third kappa shape index (κ3) is 7.73. The minimum absolute atomic E-state index is 0.257. The van der Waals surface area contributed by atoms with Gasteiger partial charge in [0.05, 0.1) is 34.0 Å². The molecule has 0 N–H and O–H groups in total. The summed E-state index contributed by atoms with van der Waals surface area (Å²) in [5.41, 5.74) is 1.11. The molecule has 0 aromatic heterocycles. The van der Waals surface area contributed by atoms with Crippen molar-refractivity contribution in [1.82, 2.24) is 4.90 Å². The molecule has 6 nitrogen and oxygen atoms in total. The number of benzene rings is 2. The minimum atomic E-state index is -0.451. The molecule has 1 heterocycles. The standard InChI is InChI=1S/C26H30FNO5/c1-30-23-10-7-21(24(27)19-23)6-9-22(29)8-4-20-5-11-25(26(18-20)31-2)33-15-3-12-28-13-16-32-17-14-28/h4-11,18-19H,3,12-17H2,1-2H3/b8-4+,9-6+. The van der Waals surface area contributed by atoms with Gasteiger partial charge in [0.1, 0.15) is 11.6 Å². The second kappa shape index (κ2) is 12.8. The number of ketones is 1. The summed E-state index contributed by atoms with van der Waals surface area (Å²) in [6.45, 7) is 5.08. The topological polar surface area (TPSA) is 57.2 Å². The molecule has 1 aliphatic rings. The lowest BCUT2D eigenvalue weighted by Gasteiger charge is -2.26. The van der Waals surface area contributed by atoms with E-state index in [1.165, 1.54) is 31.4 Å². The molecule has 0 bridgehead atoms. The number of allylic oxidation sites excluding steroid dienone is 2. The molecule has 0 unspecified atom stereocenters. The smallest absolute Gasteiger partial charge is 0.178 e. The lowest BCUT2D eigenvalue weighted by molar-refractivity contribution is -0.110. The fourth-order valence-electron chi connectivity index (χ4n) is 3.38. The summed E-state index contributed by atoms with van der Waals surface area (Å²) in [4.78, 5) is 14.5. The molecule has 0 spiro atoms. The third-order valence-corrected chi connectivity index (χ3v) is 5.24. The monoisotopic (exact) mass is 455 g/mol. The molecule has 0 radical (unpaired) electrons. The van der Waals surface area contributed by atoms with Crippen molar-refractivity contribution in [2.45, 2.75) is 6.42 Å². The van der Waals surface area contributed by atoms with Gasteiger partial charge in [-0.2, -0.15) is 0 Å². The normalized spacial score (nSPS) is 14.6. The first-order chi connectivity index (χ1) is 16.1. The van der Waals surface area contributed by atoms with Gasteiger partial charge in [-0.05, 0) is 54.5 Å². The quantitative estimate of drug-likeness (QED) is 0.373. The average Bonchev–Trinajstić information content (AvgIpc) is 2.85. The van der Waals surface area contributed by atoms with Crippen LogP contribution in [0.1, 0.15) is 17.5 Å². The van der Waals surface area contributed by atoms with E-state index in [0.29, 0.717) is 29.4 Å². The fraction of sp³-hybridized carbons (Fsp3) is 0.346. The van der Waals surface area contributed by atoms with Crippen molar-refractivity contribution in [1.29, 1.82) is 0 Å². The SMILES string of the molecule is COc1ccc(/C=C/C(=O)/C=C/c2ccc(OCCCN3CCOCC3)c(OC)c2)c(F)c1. The van der Waals surface area contributed by atoms with Crippen molar-refractivity contribution >= 4 is 17.9 Å². The van der Waals surface area contributed by atoms with E-state index >= 15 is 0 Å². The minimum Gasteiger partial charge on any atom is -0.497 e. The summed E-state index contributed by atoms with van der Waals surface area (Å²) in [5.74, 6) is 0.985. The first kappa shape index (κ1) is 24.5. The number of carbonyl (C=O) groups excluding carboxylic acids is 1. The molecule has 0 saturated carbocycles. The van der Waals surface area contributed by atoms with Crippen LogP contribution in [0.15, 0.2) is 48.6 Å². The Labute approximate surface area is 194 Å². The Kier molecular flexibility index (Phi) is 9.47. The van der Waals surface area contributed by atoms with E-state index in [0.717, 1.165) is 44.8 Å². The highest BCUT2D eigenvalue weighted by molar-refractivity contribution is 6.04. The van der Waals surface area contributed by atoms with Crippen LogP contribution in [-0.2, 0) is 9.53 Å². The zero-order valence-electron chi connectivity index (χ0n) is 19.1. The highest BCUT2D eigenvalue weighted by Crippen LogP contribution is 2.28. The molecular weight excluding hydrogens is 425 g/mol. The van der Waals surface area contributed by atoms with Crippen molar-refractivity contribution in [3.63, 3.8) is 0 Å². The molecule has 1 aliphatic heterocycles. The van der Waals surface area contributed by atoms with E-state index in [1.807, 2.05) is 18.2 Å². The predicted molar refractivity (Wildman–Crippen MR) is 126 cm³/mol. The van der Waals surface area contributed by atoms with Gasteiger partial charge in [-0.15, -0.1) is 0 Å². The number of hydrogen-bond donors (Lipinski definition) is 0. The van der Waals surface area contributed by atoms with Crippen LogP contribution in [-0.4, -0.2) is 64.4 Å². The molecule has 1 fully saturated rings. The first-order valence-corrected chi connectivity index (χ1v) is 10.9. The van der Waals surface area contributed by atoms with Crippen LogP contribution >= 0.6 is 0 Å². The van der Waals surface area contributed by atoms with E-state index in [2.05, 4.69) is 4.90 Å². The highest BCUT2D eigenvalue weighted by Gasteiger charge is 2.10. The maximum atomic E-state index is 14.0. The lowest BCUT2D eigenvalue weighted by Crippen LogP contribution is -2.37. The van der Waals surface area contributed by atoms with Gasteiger partial charge in [-0.25, -0.2) is 4.39 Å². The molecule has 2 aromatic rings. The number of halogens is 1. The molecule has 0 atom stereocenters.